The van der Waals surface area contributed by atoms with Gasteiger partial charge in [-0.05, 0) is 53.6 Å². The molecule has 2 atom stereocenters. The molecule has 221 valence electrons. The lowest BCUT2D eigenvalue weighted by molar-refractivity contribution is 0.0740. The van der Waals surface area contributed by atoms with Crippen molar-refractivity contribution >= 4 is 5.91 Å². The largest absolute Gasteiger partial charge is 0.483 e. The first-order chi connectivity index (χ1) is 21.5. The highest BCUT2D eigenvalue weighted by molar-refractivity contribution is 5.93. The molecule has 1 aromatic heterocycles. The van der Waals surface area contributed by atoms with Crippen LogP contribution in [0.1, 0.15) is 51.5 Å². The third kappa shape index (κ3) is 6.78. The first-order valence-electron chi connectivity index (χ1n) is 14.8. The topological polar surface area (TPSA) is 64.4 Å². The zero-order chi connectivity index (χ0) is 30.3. The minimum atomic E-state index is -0.536. The molecular formula is C37H33FN3O3. The summed E-state index contributed by atoms with van der Waals surface area (Å²) in [5.41, 5.74) is 2.97. The number of halogens is 1. The lowest BCUT2D eigenvalue weighted by Gasteiger charge is -2.28. The molecule has 6 rings (SSSR count). The molecule has 5 aromatic rings. The number of hydrogen-bond acceptors (Lipinski definition) is 4. The van der Waals surface area contributed by atoms with E-state index in [1.54, 1.807) is 21.8 Å². The average molecular weight is 587 g/mol. The zero-order valence-corrected chi connectivity index (χ0v) is 24.3. The van der Waals surface area contributed by atoms with Crippen molar-refractivity contribution in [2.45, 2.75) is 38.0 Å². The van der Waals surface area contributed by atoms with Crippen LogP contribution in [0.5, 0.6) is 5.75 Å². The van der Waals surface area contributed by atoms with Crippen LogP contribution in [0, 0.1) is 12.2 Å². The summed E-state index contributed by atoms with van der Waals surface area (Å²) >= 11 is 0. The molecule has 0 bridgehead atoms. The fraction of sp³-hybridized carbons (Fsp3) is 0.189. The van der Waals surface area contributed by atoms with Gasteiger partial charge in [0.25, 0.3) is 11.3 Å². The molecule has 1 saturated heterocycles. The van der Waals surface area contributed by atoms with Crippen molar-refractivity contribution in [1.29, 1.82) is 0 Å². The van der Waals surface area contributed by atoms with Crippen LogP contribution in [0.4, 0.5) is 4.39 Å². The van der Waals surface area contributed by atoms with Crippen molar-refractivity contribution in [1.82, 2.24) is 14.7 Å². The number of ether oxygens (including phenoxy) is 1. The number of rotatable bonds is 10. The summed E-state index contributed by atoms with van der Waals surface area (Å²) < 4.78 is 21.9. The van der Waals surface area contributed by atoms with Crippen LogP contribution >= 0.6 is 0 Å². The Morgan fingerprint density at radius 3 is 2.25 bits per heavy atom. The van der Waals surface area contributed by atoms with E-state index < -0.39 is 11.3 Å². The number of hydrogen-bond donors (Lipinski definition) is 0. The van der Waals surface area contributed by atoms with Crippen molar-refractivity contribution in [2.75, 3.05) is 6.54 Å². The second-order valence-electron chi connectivity index (χ2n) is 11.0. The average Bonchev–Trinajstić information content (AvgIpc) is 3.53. The zero-order valence-electron chi connectivity index (χ0n) is 24.3. The summed E-state index contributed by atoms with van der Waals surface area (Å²) in [6.45, 7) is 1.04. The molecule has 0 spiro atoms. The Morgan fingerprint density at radius 2 is 1.55 bits per heavy atom. The number of nitrogens with zero attached hydrogens (tertiary/aromatic N) is 3. The quantitative estimate of drug-likeness (QED) is 0.184. The van der Waals surface area contributed by atoms with Gasteiger partial charge in [0.15, 0.2) is 11.4 Å². The van der Waals surface area contributed by atoms with E-state index in [2.05, 4.69) is 11.5 Å². The van der Waals surface area contributed by atoms with E-state index >= 15 is 0 Å². The lowest BCUT2D eigenvalue weighted by Crippen LogP contribution is -2.40. The smallest absolute Gasteiger partial charge is 0.278 e. The molecule has 0 aliphatic carbocycles. The number of amides is 1. The standard InChI is InChI=1S/C37H33FN3O3/c38-31-19-10-18-30(22-31)33(29-16-8-3-9-17-29)23-32-20-11-21-41(32)37(43)35-36(42)34(44-26-28-14-6-2-7-15-28)25-40(39-35)24-27-12-4-1-5-13-27/h1-10,12-19,22-23,25,32-33H,11,20-21,24,26H2/t32-,33+/m0/s1. The van der Waals surface area contributed by atoms with Gasteiger partial charge in [0, 0.05) is 18.5 Å². The molecule has 1 amide bonds. The van der Waals surface area contributed by atoms with Gasteiger partial charge in [0.1, 0.15) is 12.4 Å². The monoisotopic (exact) mass is 586 g/mol. The van der Waals surface area contributed by atoms with Gasteiger partial charge in [0.2, 0.25) is 0 Å². The van der Waals surface area contributed by atoms with Crippen molar-refractivity contribution in [2.24, 2.45) is 0 Å². The predicted molar refractivity (Wildman–Crippen MR) is 168 cm³/mol. The van der Waals surface area contributed by atoms with Crippen LogP contribution in [-0.2, 0) is 13.2 Å². The Kier molecular flexibility index (Phi) is 8.92. The number of carbonyl (C=O) groups excluding carboxylic acids is 1. The fourth-order valence-electron chi connectivity index (χ4n) is 5.72. The van der Waals surface area contributed by atoms with Crippen molar-refractivity contribution < 1.29 is 13.9 Å². The van der Waals surface area contributed by atoms with Gasteiger partial charge in [-0.25, -0.2) is 4.39 Å². The fourth-order valence-corrected chi connectivity index (χ4v) is 5.72. The minimum absolute atomic E-state index is 0.0739. The Morgan fingerprint density at radius 1 is 0.886 bits per heavy atom. The summed E-state index contributed by atoms with van der Waals surface area (Å²) in [6.07, 6.45) is 5.16. The third-order valence-electron chi connectivity index (χ3n) is 7.90. The van der Waals surface area contributed by atoms with E-state index in [0.29, 0.717) is 13.1 Å². The normalized spacial score (nSPS) is 15.2. The molecule has 4 aromatic carbocycles. The summed E-state index contributed by atoms with van der Waals surface area (Å²) in [4.78, 5) is 29.5. The van der Waals surface area contributed by atoms with Gasteiger partial charge >= 0.3 is 0 Å². The highest BCUT2D eigenvalue weighted by Gasteiger charge is 2.35. The van der Waals surface area contributed by atoms with E-state index in [-0.39, 0.29) is 35.8 Å². The Bertz CT molecular complexity index is 1760. The summed E-state index contributed by atoms with van der Waals surface area (Å²) in [6, 6.07) is 35.4. The maximum atomic E-state index is 14.3. The van der Waals surface area contributed by atoms with Crippen LogP contribution in [0.15, 0.2) is 126 Å². The van der Waals surface area contributed by atoms with Gasteiger partial charge in [-0.3, -0.25) is 14.3 Å². The lowest BCUT2D eigenvalue weighted by atomic mass is 9.85. The first-order valence-corrected chi connectivity index (χ1v) is 14.8. The summed E-state index contributed by atoms with van der Waals surface area (Å²) in [5.74, 6) is -0.920. The van der Waals surface area contributed by atoms with E-state index in [4.69, 9.17) is 4.74 Å². The Balaban J connectivity index is 1.31. The third-order valence-corrected chi connectivity index (χ3v) is 7.90. The number of carbonyl (C=O) groups is 1. The van der Waals surface area contributed by atoms with E-state index in [9.17, 15) is 14.0 Å². The minimum Gasteiger partial charge on any atom is -0.483 e. The molecule has 0 saturated carbocycles. The number of likely N-dealkylation sites (tertiary alicyclic amines) is 1. The first kappa shape index (κ1) is 29.1. The number of benzene rings is 4. The van der Waals surface area contributed by atoms with Crippen LogP contribution < -0.4 is 10.2 Å². The molecule has 6 nitrogen and oxygen atoms in total. The van der Waals surface area contributed by atoms with Gasteiger partial charge in [-0.2, -0.15) is 5.10 Å². The second kappa shape index (κ2) is 13.5. The van der Waals surface area contributed by atoms with Crippen molar-refractivity contribution in [3.63, 3.8) is 0 Å². The van der Waals surface area contributed by atoms with Gasteiger partial charge in [-0.15, -0.1) is 0 Å². The van der Waals surface area contributed by atoms with Gasteiger partial charge in [0.05, 0.1) is 12.7 Å². The van der Waals surface area contributed by atoms with Crippen LogP contribution in [0.2, 0.25) is 0 Å². The molecule has 1 fully saturated rings. The summed E-state index contributed by atoms with van der Waals surface area (Å²) in [5, 5.41) is 4.54. The highest BCUT2D eigenvalue weighted by Crippen LogP contribution is 2.34. The van der Waals surface area contributed by atoms with E-state index in [1.807, 2.05) is 97.1 Å². The van der Waals surface area contributed by atoms with Gasteiger partial charge in [-0.1, -0.05) is 103 Å². The predicted octanol–water partition coefficient (Wildman–Crippen LogP) is 6.65. The molecular weight excluding hydrogens is 553 g/mol. The molecule has 0 unspecified atom stereocenters. The summed E-state index contributed by atoms with van der Waals surface area (Å²) in [7, 11) is 0. The van der Waals surface area contributed by atoms with Crippen LogP contribution in [0.25, 0.3) is 0 Å². The maximum Gasteiger partial charge on any atom is 0.278 e. The SMILES string of the molecule is O=C(c1nn(Cc2ccccc2)cc(OCc2ccccc2)c1=O)N1CCC[C@H]1[CH][C@H](c1ccccc1)c1cccc(F)c1. The molecule has 7 heteroatoms. The molecule has 1 aliphatic rings. The Hall–Kier alpha value is -5.04. The Labute approximate surface area is 256 Å². The van der Waals surface area contributed by atoms with Crippen molar-refractivity contribution in [3.8, 4) is 5.75 Å². The molecule has 1 aliphatic heterocycles. The van der Waals surface area contributed by atoms with E-state index in [0.717, 1.165) is 35.1 Å². The molecule has 2 heterocycles. The number of aromatic nitrogens is 2. The maximum absolute atomic E-state index is 14.3. The van der Waals surface area contributed by atoms with Crippen LogP contribution in [-0.4, -0.2) is 33.2 Å². The van der Waals surface area contributed by atoms with Crippen LogP contribution in [0.3, 0.4) is 0 Å². The highest BCUT2D eigenvalue weighted by atomic mass is 19.1. The molecule has 1 radical (unpaired) electrons. The van der Waals surface area contributed by atoms with E-state index in [1.165, 1.54) is 12.1 Å². The molecule has 0 N–H and O–H groups in total. The van der Waals surface area contributed by atoms with Crippen molar-refractivity contribution in [3.05, 3.63) is 172 Å². The second-order valence-corrected chi connectivity index (χ2v) is 11.0. The molecule has 44 heavy (non-hydrogen) atoms. The van der Waals surface area contributed by atoms with Gasteiger partial charge < -0.3 is 9.64 Å².